The highest BCUT2D eigenvalue weighted by atomic mass is 35.5. The molecule has 134 valence electrons. The van der Waals surface area contributed by atoms with E-state index in [-0.39, 0.29) is 17.8 Å². The summed E-state index contributed by atoms with van der Waals surface area (Å²) in [7, 11) is 0. The number of nitrogens with zero attached hydrogens (tertiary/aromatic N) is 2. The quantitative estimate of drug-likeness (QED) is 0.510. The topological polar surface area (TPSA) is 87.2 Å². The van der Waals surface area contributed by atoms with Gasteiger partial charge in [-0.15, -0.1) is 11.3 Å². The highest BCUT2D eigenvalue weighted by Crippen LogP contribution is 2.25. The van der Waals surface area contributed by atoms with E-state index in [1.165, 1.54) is 17.6 Å². The van der Waals surface area contributed by atoms with E-state index in [1.807, 2.05) is 13.8 Å². The molecule has 6 nitrogen and oxygen atoms in total. The Morgan fingerprint density at radius 3 is 2.73 bits per heavy atom. The van der Waals surface area contributed by atoms with Crippen molar-refractivity contribution in [2.24, 2.45) is 5.10 Å². The van der Waals surface area contributed by atoms with E-state index in [1.54, 1.807) is 18.2 Å². The van der Waals surface area contributed by atoms with E-state index in [9.17, 15) is 9.59 Å². The van der Waals surface area contributed by atoms with E-state index in [4.69, 9.17) is 23.2 Å². The predicted octanol–water partition coefficient (Wildman–Crippen LogP) is 3.60. The van der Waals surface area contributed by atoms with E-state index < -0.39 is 5.91 Å². The number of hydrazone groups is 1. The van der Waals surface area contributed by atoms with Crippen LogP contribution in [-0.4, -0.2) is 22.1 Å². The highest BCUT2D eigenvalue weighted by molar-refractivity contribution is 7.18. The van der Waals surface area contributed by atoms with Crippen molar-refractivity contribution in [3.63, 3.8) is 0 Å². The van der Waals surface area contributed by atoms with Crippen molar-refractivity contribution >= 4 is 56.9 Å². The maximum absolute atomic E-state index is 12.2. The smallest absolute Gasteiger partial charge is 0.259 e. The average Bonchev–Trinajstić information content (AvgIpc) is 2.85. The van der Waals surface area contributed by atoms with E-state index >= 15 is 0 Å². The fraction of sp³-hybridized carbons (Fsp3) is 0.176. The molecule has 0 saturated heterocycles. The van der Waals surface area contributed by atoms with E-state index in [2.05, 4.69) is 20.5 Å². The molecule has 0 aliphatic rings. The number of benzene rings is 1. The zero-order chi connectivity index (χ0) is 18.8. The number of aromatic nitrogens is 2. The standard InChI is InChI=1S/C17H14Cl2N4O2S/c1-8-9(2)26-17-15(8)16(25)21-13(22-17)6-14(24)23-20-7-10-11(18)4-3-5-12(10)19/h3-5,7H,6H2,1-2H3,(H,23,24)(H,21,22,25)/b20-7-. The number of nitrogens with one attached hydrogen (secondary N) is 2. The fourth-order valence-electron chi connectivity index (χ4n) is 2.38. The van der Waals surface area contributed by atoms with Gasteiger partial charge in [-0.1, -0.05) is 29.3 Å². The third-order valence-corrected chi connectivity index (χ3v) is 5.56. The van der Waals surface area contributed by atoms with Crippen molar-refractivity contribution in [1.29, 1.82) is 0 Å². The van der Waals surface area contributed by atoms with Crippen molar-refractivity contribution in [1.82, 2.24) is 15.4 Å². The molecule has 2 heterocycles. The number of H-pyrrole nitrogens is 1. The lowest BCUT2D eigenvalue weighted by Gasteiger charge is -2.02. The number of hydrogen-bond acceptors (Lipinski definition) is 5. The molecule has 0 aliphatic heterocycles. The molecule has 0 spiro atoms. The Morgan fingerprint density at radius 1 is 1.35 bits per heavy atom. The highest BCUT2D eigenvalue weighted by Gasteiger charge is 2.13. The second kappa shape index (κ2) is 7.57. The summed E-state index contributed by atoms with van der Waals surface area (Å²) in [5.74, 6) is -0.135. The van der Waals surface area contributed by atoms with Gasteiger partial charge in [0.25, 0.3) is 5.56 Å². The first-order valence-corrected chi connectivity index (χ1v) is 9.19. The molecule has 0 saturated carbocycles. The number of fused-ring (bicyclic) bond motifs is 1. The monoisotopic (exact) mass is 408 g/mol. The Labute approximate surface area is 162 Å². The SMILES string of the molecule is Cc1sc2nc(CC(=O)N/N=C\c3c(Cl)cccc3Cl)[nH]c(=O)c2c1C. The summed E-state index contributed by atoms with van der Waals surface area (Å²) in [5.41, 5.74) is 3.55. The third-order valence-electron chi connectivity index (χ3n) is 3.80. The first-order valence-electron chi connectivity index (χ1n) is 7.61. The van der Waals surface area contributed by atoms with Crippen LogP contribution in [0.5, 0.6) is 0 Å². The fourth-order valence-corrected chi connectivity index (χ4v) is 3.92. The van der Waals surface area contributed by atoms with Gasteiger partial charge in [-0.25, -0.2) is 10.4 Å². The summed E-state index contributed by atoms with van der Waals surface area (Å²) in [6.07, 6.45) is 1.27. The molecule has 2 N–H and O–H groups in total. The molecule has 0 atom stereocenters. The zero-order valence-electron chi connectivity index (χ0n) is 13.9. The summed E-state index contributed by atoms with van der Waals surface area (Å²) in [5, 5.41) is 5.28. The molecule has 26 heavy (non-hydrogen) atoms. The molecule has 0 aliphatic carbocycles. The lowest BCUT2D eigenvalue weighted by Crippen LogP contribution is -2.23. The normalized spacial score (nSPS) is 11.4. The molecule has 1 aromatic carbocycles. The number of thiophene rings is 1. The van der Waals surface area contributed by atoms with Crippen LogP contribution in [0, 0.1) is 13.8 Å². The molecular weight excluding hydrogens is 395 g/mol. The number of halogens is 2. The number of carbonyl (C=O) groups excluding carboxylic acids is 1. The molecule has 1 amide bonds. The molecule has 0 unspecified atom stereocenters. The van der Waals surface area contributed by atoms with Gasteiger partial charge >= 0.3 is 0 Å². The summed E-state index contributed by atoms with van der Waals surface area (Å²) >= 11 is 13.5. The second-order valence-electron chi connectivity index (χ2n) is 5.58. The summed E-state index contributed by atoms with van der Waals surface area (Å²) < 4.78 is 0. The molecule has 9 heteroatoms. The van der Waals surface area contributed by atoms with Crippen LogP contribution in [-0.2, 0) is 11.2 Å². The van der Waals surface area contributed by atoms with Gasteiger partial charge < -0.3 is 4.98 Å². The van der Waals surface area contributed by atoms with Crippen LogP contribution in [0.3, 0.4) is 0 Å². The van der Waals surface area contributed by atoms with Gasteiger partial charge in [0.05, 0.1) is 28.1 Å². The van der Waals surface area contributed by atoms with Crippen LogP contribution in [0.1, 0.15) is 21.8 Å². The van der Waals surface area contributed by atoms with Crippen LogP contribution in [0.25, 0.3) is 10.2 Å². The minimum absolute atomic E-state index is 0.102. The number of rotatable bonds is 4. The van der Waals surface area contributed by atoms with Crippen LogP contribution in [0.2, 0.25) is 10.0 Å². The van der Waals surface area contributed by atoms with Gasteiger partial charge in [-0.3, -0.25) is 9.59 Å². The van der Waals surface area contributed by atoms with Crippen molar-refractivity contribution in [2.75, 3.05) is 0 Å². The molecule has 2 aromatic heterocycles. The lowest BCUT2D eigenvalue weighted by molar-refractivity contribution is -0.120. The Hall–Kier alpha value is -2.22. The first kappa shape index (κ1) is 18.6. The maximum Gasteiger partial charge on any atom is 0.259 e. The Balaban J connectivity index is 1.73. The average molecular weight is 409 g/mol. The molecule has 3 rings (SSSR count). The summed E-state index contributed by atoms with van der Waals surface area (Å²) in [4.78, 5) is 32.9. The Morgan fingerprint density at radius 2 is 2.04 bits per heavy atom. The van der Waals surface area contributed by atoms with Crippen LogP contribution >= 0.6 is 34.5 Å². The molecule has 3 aromatic rings. The first-order chi connectivity index (χ1) is 12.4. The second-order valence-corrected chi connectivity index (χ2v) is 7.60. The number of aromatic amines is 1. The minimum Gasteiger partial charge on any atom is -0.309 e. The van der Waals surface area contributed by atoms with Crippen LogP contribution < -0.4 is 11.0 Å². The number of carbonyl (C=O) groups is 1. The number of aryl methyl sites for hydroxylation is 2. The van der Waals surface area contributed by atoms with Crippen LogP contribution in [0.4, 0.5) is 0 Å². The Bertz CT molecular complexity index is 1070. The van der Waals surface area contributed by atoms with Crippen LogP contribution in [0.15, 0.2) is 28.1 Å². The van der Waals surface area contributed by atoms with Gasteiger partial charge in [0, 0.05) is 10.4 Å². The van der Waals surface area contributed by atoms with Crippen molar-refractivity contribution in [3.8, 4) is 0 Å². The summed E-state index contributed by atoms with van der Waals surface area (Å²) in [6.45, 7) is 3.81. The third kappa shape index (κ3) is 3.80. The van der Waals surface area contributed by atoms with Crippen molar-refractivity contribution in [3.05, 3.63) is 60.4 Å². The van der Waals surface area contributed by atoms with Gasteiger partial charge in [-0.2, -0.15) is 5.10 Å². The predicted molar refractivity (Wildman–Crippen MR) is 106 cm³/mol. The molecule has 0 bridgehead atoms. The lowest BCUT2D eigenvalue weighted by atomic mass is 10.2. The maximum atomic E-state index is 12.2. The van der Waals surface area contributed by atoms with Gasteiger partial charge in [0.15, 0.2) is 0 Å². The summed E-state index contributed by atoms with van der Waals surface area (Å²) in [6, 6.07) is 5.06. The molecular formula is C17H14Cl2N4O2S. The van der Waals surface area contributed by atoms with Gasteiger partial charge in [0.1, 0.15) is 10.7 Å². The largest absolute Gasteiger partial charge is 0.309 e. The van der Waals surface area contributed by atoms with Crippen molar-refractivity contribution < 1.29 is 4.79 Å². The van der Waals surface area contributed by atoms with Crippen molar-refractivity contribution in [2.45, 2.75) is 20.3 Å². The van der Waals surface area contributed by atoms with Gasteiger partial charge in [-0.05, 0) is 31.5 Å². The zero-order valence-corrected chi connectivity index (χ0v) is 16.2. The number of amides is 1. The van der Waals surface area contributed by atoms with Gasteiger partial charge in [0.2, 0.25) is 5.91 Å². The molecule has 0 fully saturated rings. The van der Waals surface area contributed by atoms with E-state index in [0.717, 1.165) is 10.4 Å². The Kier molecular flexibility index (Phi) is 5.41. The molecule has 0 radical (unpaired) electrons. The number of hydrogen-bond donors (Lipinski definition) is 2. The minimum atomic E-state index is -0.420. The van der Waals surface area contributed by atoms with E-state index in [0.29, 0.717) is 25.8 Å².